The maximum absolute atomic E-state index is 11.4. The second-order valence-electron chi connectivity index (χ2n) is 6.74. The third-order valence-electron chi connectivity index (χ3n) is 4.23. The molecule has 2 aromatic carbocycles. The SMILES string of the molecule is CC(C)C(OC(N)=O)c1[nH]nc(Oc2cccc(Cl)c2)c1Cc1ccccc1. The van der Waals surface area contributed by atoms with E-state index in [1.165, 1.54) is 0 Å². The van der Waals surface area contributed by atoms with E-state index in [2.05, 4.69) is 10.2 Å². The number of aromatic amines is 1. The van der Waals surface area contributed by atoms with Gasteiger partial charge in [0, 0.05) is 17.0 Å². The zero-order valence-corrected chi connectivity index (χ0v) is 16.4. The van der Waals surface area contributed by atoms with E-state index >= 15 is 0 Å². The quantitative estimate of drug-likeness (QED) is 0.568. The maximum Gasteiger partial charge on any atom is 0.405 e. The number of rotatable bonds is 7. The minimum Gasteiger partial charge on any atom is -0.440 e. The molecule has 0 fully saturated rings. The van der Waals surface area contributed by atoms with Crippen molar-refractivity contribution in [3.8, 4) is 11.6 Å². The Kier molecular flexibility index (Phi) is 6.21. The van der Waals surface area contributed by atoms with Crippen molar-refractivity contribution in [2.75, 3.05) is 0 Å². The number of hydrogen-bond donors (Lipinski definition) is 2. The van der Waals surface area contributed by atoms with E-state index in [0.29, 0.717) is 28.8 Å². The number of nitrogens with zero attached hydrogens (tertiary/aromatic N) is 1. The Balaban J connectivity index is 2.01. The Labute approximate surface area is 168 Å². The van der Waals surface area contributed by atoms with Crippen LogP contribution >= 0.6 is 11.6 Å². The average molecular weight is 400 g/mol. The van der Waals surface area contributed by atoms with Crippen LogP contribution in [0.3, 0.4) is 0 Å². The van der Waals surface area contributed by atoms with Crippen LogP contribution in [-0.4, -0.2) is 16.3 Å². The minimum absolute atomic E-state index is 0.0125. The Bertz CT molecular complexity index is 941. The van der Waals surface area contributed by atoms with Gasteiger partial charge in [0.25, 0.3) is 0 Å². The molecule has 0 saturated carbocycles. The third kappa shape index (κ3) is 4.84. The van der Waals surface area contributed by atoms with E-state index in [-0.39, 0.29) is 5.92 Å². The molecule has 6 nitrogen and oxygen atoms in total. The molecule has 0 radical (unpaired) electrons. The van der Waals surface area contributed by atoms with Gasteiger partial charge in [0.2, 0.25) is 5.88 Å². The van der Waals surface area contributed by atoms with Gasteiger partial charge in [0.1, 0.15) is 11.9 Å². The predicted octanol–water partition coefficient (Wildman–Crippen LogP) is 5.24. The molecule has 1 atom stereocenters. The number of H-pyrrole nitrogens is 1. The number of amides is 1. The first-order chi connectivity index (χ1) is 13.4. The van der Waals surface area contributed by atoms with Gasteiger partial charge in [-0.05, 0) is 29.7 Å². The lowest BCUT2D eigenvalue weighted by atomic mass is 9.97. The summed E-state index contributed by atoms with van der Waals surface area (Å²) in [5.74, 6) is 0.957. The number of aromatic nitrogens is 2. The first-order valence-corrected chi connectivity index (χ1v) is 9.32. The molecule has 0 saturated heterocycles. The molecule has 3 aromatic rings. The van der Waals surface area contributed by atoms with Crippen LogP contribution in [0.4, 0.5) is 4.79 Å². The average Bonchev–Trinajstić information content (AvgIpc) is 3.02. The van der Waals surface area contributed by atoms with Gasteiger partial charge < -0.3 is 15.2 Å². The van der Waals surface area contributed by atoms with E-state index < -0.39 is 12.2 Å². The number of benzene rings is 2. The first kappa shape index (κ1) is 19.8. The minimum atomic E-state index is -0.837. The first-order valence-electron chi connectivity index (χ1n) is 8.94. The zero-order valence-electron chi connectivity index (χ0n) is 15.7. The molecule has 1 amide bonds. The van der Waals surface area contributed by atoms with Gasteiger partial charge in [-0.2, -0.15) is 0 Å². The van der Waals surface area contributed by atoms with Crippen molar-refractivity contribution in [2.24, 2.45) is 11.7 Å². The second-order valence-corrected chi connectivity index (χ2v) is 7.18. The Morgan fingerprint density at radius 3 is 2.57 bits per heavy atom. The molecule has 1 aromatic heterocycles. The maximum atomic E-state index is 11.4. The van der Waals surface area contributed by atoms with Gasteiger partial charge in [-0.1, -0.05) is 61.8 Å². The van der Waals surface area contributed by atoms with Crippen molar-refractivity contribution in [3.05, 3.63) is 76.4 Å². The van der Waals surface area contributed by atoms with Crippen molar-refractivity contribution in [1.82, 2.24) is 10.2 Å². The monoisotopic (exact) mass is 399 g/mol. The molecule has 1 heterocycles. The zero-order chi connectivity index (χ0) is 20.1. The number of carbonyl (C=O) groups excluding carboxylic acids is 1. The molecule has 146 valence electrons. The summed E-state index contributed by atoms with van der Waals surface area (Å²) in [6.45, 7) is 3.89. The Morgan fingerprint density at radius 1 is 1.18 bits per heavy atom. The summed E-state index contributed by atoms with van der Waals surface area (Å²) in [6.07, 6.45) is -0.856. The van der Waals surface area contributed by atoms with Crippen molar-refractivity contribution in [2.45, 2.75) is 26.4 Å². The fraction of sp³-hybridized carbons (Fsp3) is 0.238. The fourth-order valence-corrected chi connectivity index (χ4v) is 3.13. The smallest absolute Gasteiger partial charge is 0.405 e. The number of carbonyl (C=O) groups is 1. The van der Waals surface area contributed by atoms with Crippen molar-refractivity contribution in [1.29, 1.82) is 0 Å². The van der Waals surface area contributed by atoms with Crippen LogP contribution < -0.4 is 10.5 Å². The largest absolute Gasteiger partial charge is 0.440 e. The molecule has 0 aliphatic heterocycles. The van der Waals surface area contributed by atoms with Crippen LogP contribution in [-0.2, 0) is 11.2 Å². The molecule has 0 bridgehead atoms. The predicted molar refractivity (Wildman–Crippen MR) is 108 cm³/mol. The second kappa shape index (κ2) is 8.80. The molecule has 28 heavy (non-hydrogen) atoms. The molecular formula is C21H22ClN3O3. The van der Waals surface area contributed by atoms with Crippen molar-refractivity contribution >= 4 is 17.7 Å². The van der Waals surface area contributed by atoms with Gasteiger partial charge in [0.05, 0.1) is 5.69 Å². The van der Waals surface area contributed by atoms with Gasteiger partial charge in [-0.3, -0.25) is 5.10 Å². The van der Waals surface area contributed by atoms with Crippen molar-refractivity contribution in [3.63, 3.8) is 0 Å². The lowest BCUT2D eigenvalue weighted by molar-refractivity contribution is 0.0751. The van der Waals surface area contributed by atoms with Gasteiger partial charge in [-0.15, -0.1) is 5.10 Å². The van der Waals surface area contributed by atoms with Gasteiger partial charge >= 0.3 is 6.09 Å². The Morgan fingerprint density at radius 2 is 1.93 bits per heavy atom. The lowest BCUT2D eigenvalue weighted by Crippen LogP contribution is -2.22. The van der Waals surface area contributed by atoms with Crippen LogP contribution in [0, 0.1) is 5.92 Å². The van der Waals surface area contributed by atoms with E-state index in [0.717, 1.165) is 11.1 Å². The van der Waals surface area contributed by atoms with E-state index in [9.17, 15) is 4.79 Å². The third-order valence-corrected chi connectivity index (χ3v) is 4.46. The highest BCUT2D eigenvalue weighted by Gasteiger charge is 2.28. The van der Waals surface area contributed by atoms with Crippen molar-refractivity contribution < 1.29 is 14.3 Å². The highest BCUT2D eigenvalue weighted by Crippen LogP contribution is 2.35. The molecule has 7 heteroatoms. The lowest BCUT2D eigenvalue weighted by Gasteiger charge is -2.20. The standard InChI is InChI=1S/C21H22ClN3O3/c1-13(2)19(28-21(23)26)18-17(11-14-7-4-3-5-8-14)20(25-24-18)27-16-10-6-9-15(22)12-16/h3-10,12-13,19H,11H2,1-2H3,(H2,23,26)(H,24,25). The van der Waals surface area contributed by atoms with Gasteiger partial charge in [0.15, 0.2) is 0 Å². The van der Waals surface area contributed by atoms with Gasteiger partial charge in [-0.25, -0.2) is 4.79 Å². The number of ether oxygens (including phenoxy) is 2. The summed E-state index contributed by atoms with van der Waals surface area (Å²) in [6, 6.07) is 17.0. The van der Waals surface area contributed by atoms with Crippen LogP contribution in [0.2, 0.25) is 5.02 Å². The number of hydrogen-bond acceptors (Lipinski definition) is 4. The fourth-order valence-electron chi connectivity index (χ4n) is 2.95. The van der Waals surface area contributed by atoms with Crippen LogP contribution in [0.15, 0.2) is 54.6 Å². The summed E-state index contributed by atoms with van der Waals surface area (Å²) in [4.78, 5) is 11.4. The highest BCUT2D eigenvalue weighted by molar-refractivity contribution is 6.30. The number of halogens is 1. The summed E-state index contributed by atoms with van der Waals surface area (Å²) >= 11 is 6.06. The highest BCUT2D eigenvalue weighted by atomic mass is 35.5. The van der Waals surface area contributed by atoms with Crippen LogP contribution in [0.1, 0.15) is 36.8 Å². The van der Waals surface area contributed by atoms with Crippen LogP contribution in [0.5, 0.6) is 11.6 Å². The van der Waals surface area contributed by atoms with E-state index in [1.54, 1.807) is 24.3 Å². The number of nitrogens with two attached hydrogens (primary N) is 1. The summed E-state index contributed by atoms with van der Waals surface area (Å²) in [5, 5.41) is 7.87. The number of nitrogens with one attached hydrogen (secondary N) is 1. The summed E-state index contributed by atoms with van der Waals surface area (Å²) < 4.78 is 11.3. The molecule has 1 unspecified atom stereocenters. The van der Waals surface area contributed by atoms with E-state index in [4.69, 9.17) is 26.8 Å². The molecular weight excluding hydrogens is 378 g/mol. The van der Waals surface area contributed by atoms with E-state index in [1.807, 2.05) is 44.2 Å². The normalized spacial score (nSPS) is 12.0. The molecule has 3 N–H and O–H groups in total. The molecule has 0 aliphatic rings. The Hall–Kier alpha value is -2.99. The summed E-state index contributed by atoms with van der Waals surface area (Å²) in [5.41, 5.74) is 7.81. The molecule has 0 aliphatic carbocycles. The topological polar surface area (TPSA) is 90.2 Å². The summed E-state index contributed by atoms with van der Waals surface area (Å²) in [7, 11) is 0. The molecule has 0 spiro atoms. The molecule has 3 rings (SSSR count). The van der Waals surface area contributed by atoms with Crippen LogP contribution in [0.25, 0.3) is 0 Å². The number of primary amides is 1.